The Morgan fingerprint density at radius 2 is 1.60 bits per heavy atom. The Balaban J connectivity index is 1.35. The van der Waals surface area contributed by atoms with Gasteiger partial charge >= 0.3 is 12.1 Å². The van der Waals surface area contributed by atoms with Gasteiger partial charge in [0, 0.05) is 12.0 Å². The summed E-state index contributed by atoms with van der Waals surface area (Å²) in [7, 11) is 0. The van der Waals surface area contributed by atoms with Crippen molar-refractivity contribution in [2.24, 2.45) is 17.8 Å². The fourth-order valence-electron chi connectivity index (χ4n) is 5.24. The molecule has 1 aliphatic carbocycles. The molecule has 4 atom stereocenters. The summed E-state index contributed by atoms with van der Waals surface area (Å²) in [6, 6.07) is 15.1. The molecule has 2 amide bonds. The Morgan fingerprint density at radius 1 is 1.00 bits per heavy atom. The van der Waals surface area contributed by atoms with Crippen LogP contribution >= 0.6 is 0 Å². The van der Waals surface area contributed by atoms with Crippen molar-refractivity contribution in [2.75, 3.05) is 19.8 Å². The highest BCUT2D eigenvalue weighted by atomic mass is 16.5. The van der Waals surface area contributed by atoms with E-state index in [1.165, 1.54) is 0 Å². The van der Waals surface area contributed by atoms with E-state index in [9.17, 15) is 19.5 Å². The van der Waals surface area contributed by atoms with E-state index >= 15 is 0 Å². The lowest BCUT2D eigenvalue weighted by Gasteiger charge is -2.27. The van der Waals surface area contributed by atoms with Crippen LogP contribution in [0.1, 0.15) is 37.8 Å². The summed E-state index contributed by atoms with van der Waals surface area (Å²) < 4.78 is 11.0. The molecule has 1 heterocycles. The van der Waals surface area contributed by atoms with Crippen LogP contribution in [-0.4, -0.2) is 55.0 Å². The fraction of sp³-hybridized carbons (Fsp3) is 0.444. The third-order valence-electron chi connectivity index (χ3n) is 6.98. The minimum Gasteiger partial charge on any atom is -0.481 e. The van der Waals surface area contributed by atoms with Crippen LogP contribution in [0.4, 0.5) is 4.79 Å². The van der Waals surface area contributed by atoms with E-state index in [0.29, 0.717) is 0 Å². The predicted octanol–water partition coefficient (Wildman–Crippen LogP) is 3.40. The second-order valence-electron chi connectivity index (χ2n) is 9.63. The van der Waals surface area contributed by atoms with Gasteiger partial charge in [-0.05, 0) is 35.1 Å². The van der Waals surface area contributed by atoms with Gasteiger partial charge in [-0.15, -0.1) is 0 Å². The second kappa shape index (κ2) is 10.5. The second-order valence-corrected chi connectivity index (χ2v) is 9.63. The van der Waals surface area contributed by atoms with Gasteiger partial charge in [-0.25, -0.2) is 4.79 Å². The zero-order valence-electron chi connectivity index (χ0n) is 20.2. The summed E-state index contributed by atoms with van der Waals surface area (Å²) in [5.41, 5.74) is 4.53. The average Bonchev–Trinajstić information content (AvgIpc) is 3.39. The molecule has 4 rings (SSSR count). The van der Waals surface area contributed by atoms with Crippen LogP contribution in [0, 0.1) is 17.8 Å². The first-order valence-electron chi connectivity index (χ1n) is 12.0. The van der Waals surface area contributed by atoms with E-state index in [2.05, 4.69) is 34.9 Å². The molecule has 2 aromatic rings. The van der Waals surface area contributed by atoms with E-state index in [0.717, 1.165) is 22.3 Å². The highest BCUT2D eigenvalue weighted by Crippen LogP contribution is 2.44. The topological polar surface area (TPSA) is 114 Å². The molecule has 2 aromatic carbocycles. The van der Waals surface area contributed by atoms with Crippen molar-refractivity contribution in [1.29, 1.82) is 0 Å². The van der Waals surface area contributed by atoms with E-state index in [1.54, 1.807) is 6.92 Å². The maximum Gasteiger partial charge on any atom is 0.407 e. The van der Waals surface area contributed by atoms with Gasteiger partial charge < -0.3 is 25.2 Å². The quantitative estimate of drug-likeness (QED) is 0.534. The number of ether oxygens (including phenoxy) is 2. The monoisotopic (exact) mass is 480 g/mol. The summed E-state index contributed by atoms with van der Waals surface area (Å²) in [6.45, 7) is 5.80. The Morgan fingerprint density at radius 3 is 2.17 bits per heavy atom. The number of aliphatic carboxylic acids is 1. The van der Waals surface area contributed by atoms with Crippen molar-refractivity contribution in [1.82, 2.24) is 10.6 Å². The summed E-state index contributed by atoms with van der Waals surface area (Å²) in [5, 5.41) is 15.0. The molecule has 0 bridgehead atoms. The number of benzene rings is 2. The standard InChI is InChI=1S/C27H32N2O6/c1-15(2)24(26(31)32)16(3)28-25(30)22-12-34-14-23(22)29-27(33)35-13-21-19-10-6-4-8-17(19)18-9-5-7-11-20(18)21/h4-11,15-16,21-24H,12-14H2,1-3H3,(H,28,30)(H,29,33)(H,31,32). The van der Waals surface area contributed by atoms with Crippen molar-refractivity contribution in [3.8, 4) is 11.1 Å². The number of carbonyl (C=O) groups excluding carboxylic acids is 2. The van der Waals surface area contributed by atoms with Gasteiger partial charge in [0.1, 0.15) is 6.61 Å². The number of hydrogen-bond acceptors (Lipinski definition) is 5. The minimum absolute atomic E-state index is 0.0584. The molecule has 1 aliphatic heterocycles. The van der Waals surface area contributed by atoms with Crippen molar-refractivity contribution in [3.63, 3.8) is 0 Å². The molecule has 4 unspecified atom stereocenters. The maximum atomic E-state index is 12.9. The highest BCUT2D eigenvalue weighted by Gasteiger charge is 2.38. The Labute approximate surface area is 205 Å². The molecular weight excluding hydrogens is 448 g/mol. The summed E-state index contributed by atoms with van der Waals surface area (Å²) in [4.78, 5) is 37.1. The van der Waals surface area contributed by atoms with Crippen LogP contribution in [0.2, 0.25) is 0 Å². The zero-order chi connectivity index (χ0) is 25.1. The third-order valence-corrected chi connectivity index (χ3v) is 6.98. The Kier molecular flexibility index (Phi) is 7.40. The molecule has 1 fully saturated rings. The van der Waals surface area contributed by atoms with E-state index in [1.807, 2.05) is 38.1 Å². The van der Waals surface area contributed by atoms with Crippen LogP contribution in [0.15, 0.2) is 48.5 Å². The van der Waals surface area contributed by atoms with E-state index in [4.69, 9.17) is 9.47 Å². The SMILES string of the molecule is CC(C)C(C(=O)O)C(C)NC(=O)C1COCC1NC(=O)OCC1c2ccccc2-c2ccccc21. The summed E-state index contributed by atoms with van der Waals surface area (Å²) in [5.74, 6) is -2.83. The molecule has 1 saturated heterocycles. The lowest BCUT2D eigenvalue weighted by atomic mass is 9.89. The average molecular weight is 481 g/mol. The van der Waals surface area contributed by atoms with E-state index in [-0.39, 0.29) is 37.6 Å². The van der Waals surface area contributed by atoms with Gasteiger partial charge in [-0.2, -0.15) is 0 Å². The van der Waals surface area contributed by atoms with Crippen LogP contribution in [0.5, 0.6) is 0 Å². The molecule has 2 aliphatic rings. The summed E-state index contributed by atoms with van der Waals surface area (Å²) >= 11 is 0. The van der Waals surface area contributed by atoms with Crippen LogP contribution in [0.3, 0.4) is 0 Å². The fourth-order valence-corrected chi connectivity index (χ4v) is 5.24. The number of carboxylic acid groups (broad SMARTS) is 1. The normalized spacial score (nSPS) is 20.6. The lowest BCUT2D eigenvalue weighted by Crippen LogP contribution is -2.51. The number of fused-ring (bicyclic) bond motifs is 3. The van der Waals surface area contributed by atoms with Crippen LogP contribution < -0.4 is 10.6 Å². The van der Waals surface area contributed by atoms with Crippen LogP contribution in [0.25, 0.3) is 11.1 Å². The molecule has 186 valence electrons. The number of nitrogens with one attached hydrogen (secondary N) is 2. The molecule has 35 heavy (non-hydrogen) atoms. The third kappa shape index (κ3) is 5.17. The largest absolute Gasteiger partial charge is 0.481 e. The molecule has 0 radical (unpaired) electrons. The van der Waals surface area contributed by atoms with Crippen molar-refractivity contribution in [3.05, 3.63) is 59.7 Å². The van der Waals surface area contributed by atoms with Crippen molar-refractivity contribution >= 4 is 18.0 Å². The Bertz CT molecular complexity index is 1060. The molecule has 8 heteroatoms. The number of hydrogen-bond donors (Lipinski definition) is 3. The first kappa shape index (κ1) is 24.7. The van der Waals surface area contributed by atoms with Gasteiger partial charge in [-0.3, -0.25) is 9.59 Å². The first-order valence-corrected chi connectivity index (χ1v) is 12.0. The van der Waals surface area contributed by atoms with Gasteiger partial charge in [-0.1, -0.05) is 62.4 Å². The molecular formula is C27H32N2O6. The molecule has 0 spiro atoms. The minimum atomic E-state index is -0.955. The number of rotatable bonds is 8. The maximum absolute atomic E-state index is 12.9. The molecule has 0 saturated carbocycles. The smallest absolute Gasteiger partial charge is 0.407 e. The van der Waals surface area contributed by atoms with Gasteiger partial charge in [0.25, 0.3) is 0 Å². The zero-order valence-corrected chi connectivity index (χ0v) is 20.2. The van der Waals surface area contributed by atoms with Crippen molar-refractivity contribution < 1.29 is 29.0 Å². The lowest BCUT2D eigenvalue weighted by molar-refractivity contribution is -0.144. The number of carbonyl (C=O) groups is 3. The molecule has 8 nitrogen and oxygen atoms in total. The highest BCUT2D eigenvalue weighted by molar-refractivity contribution is 5.82. The number of alkyl carbamates (subject to hydrolysis) is 1. The summed E-state index contributed by atoms with van der Waals surface area (Å²) in [6.07, 6.45) is -0.612. The number of carboxylic acids is 1. The predicted molar refractivity (Wildman–Crippen MR) is 130 cm³/mol. The molecule has 0 aromatic heterocycles. The van der Waals surface area contributed by atoms with Gasteiger partial charge in [0.05, 0.1) is 31.1 Å². The van der Waals surface area contributed by atoms with Gasteiger partial charge in [0.2, 0.25) is 5.91 Å². The van der Waals surface area contributed by atoms with Gasteiger partial charge in [0.15, 0.2) is 0 Å². The van der Waals surface area contributed by atoms with E-state index < -0.39 is 36.0 Å². The number of amides is 2. The van der Waals surface area contributed by atoms with Crippen LogP contribution in [-0.2, 0) is 19.1 Å². The van der Waals surface area contributed by atoms with Crippen molar-refractivity contribution in [2.45, 2.75) is 38.8 Å². The first-order chi connectivity index (χ1) is 16.8. The molecule has 3 N–H and O–H groups in total. The Hall–Kier alpha value is -3.39.